The van der Waals surface area contributed by atoms with Crippen LogP contribution < -0.4 is 5.32 Å². The molecule has 0 bridgehead atoms. The molecule has 0 radical (unpaired) electrons. The van der Waals surface area contributed by atoms with Crippen LogP contribution in [0.15, 0.2) is 11.6 Å². The second-order valence-corrected chi connectivity index (χ2v) is 5.58. The summed E-state index contributed by atoms with van der Waals surface area (Å²) in [5.74, 6) is 1.35. The highest BCUT2D eigenvalue weighted by molar-refractivity contribution is 8.00. The first-order valence-electron chi connectivity index (χ1n) is 4.66. The van der Waals surface area contributed by atoms with Crippen LogP contribution in [-0.2, 0) is 6.54 Å². The molecule has 0 amide bonds. The molecule has 4 heteroatoms. The average Bonchev–Trinajstić information content (AvgIpc) is 2.75. The zero-order valence-electron chi connectivity index (χ0n) is 7.53. The van der Waals surface area contributed by atoms with Gasteiger partial charge in [-0.3, -0.25) is 0 Å². The molecule has 72 valence electrons. The molecule has 2 rings (SSSR count). The van der Waals surface area contributed by atoms with Crippen molar-refractivity contribution in [1.29, 1.82) is 0 Å². The third-order valence-electron chi connectivity index (χ3n) is 2.16. The van der Waals surface area contributed by atoms with Gasteiger partial charge < -0.3 is 5.32 Å². The number of aromatic nitrogens is 1. The Kier molecular flexibility index (Phi) is 3.64. The Bertz CT molecular complexity index is 230. The lowest BCUT2D eigenvalue weighted by atomic mass is 10.2. The molecular weight excluding hydrogens is 200 g/mol. The van der Waals surface area contributed by atoms with Crippen LogP contribution in [0, 0.1) is 0 Å². The lowest BCUT2D eigenvalue weighted by Crippen LogP contribution is -2.22. The number of thiazole rings is 1. The molecular formula is C9H14N2S2. The van der Waals surface area contributed by atoms with E-state index in [1.807, 2.05) is 11.6 Å². The molecule has 1 N–H and O–H groups in total. The summed E-state index contributed by atoms with van der Waals surface area (Å²) in [5, 5.41) is 7.53. The highest BCUT2D eigenvalue weighted by Gasteiger charge is 2.14. The van der Waals surface area contributed by atoms with Crippen molar-refractivity contribution in [3.8, 4) is 0 Å². The van der Waals surface area contributed by atoms with Crippen molar-refractivity contribution in [2.45, 2.75) is 24.6 Å². The third-order valence-corrected chi connectivity index (χ3v) is 4.33. The van der Waals surface area contributed by atoms with Crippen molar-refractivity contribution >= 4 is 23.1 Å². The summed E-state index contributed by atoms with van der Waals surface area (Å²) in [6, 6.07) is 0. The molecule has 0 spiro atoms. The van der Waals surface area contributed by atoms with Crippen molar-refractivity contribution in [3.05, 3.63) is 16.6 Å². The summed E-state index contributed by atoms with van der Waals surface area (Å²) in [6.45, 7) is 2.08. The van der Waals surface area contributed by atoms with Gasteiger partial charge >= 0.3 is 0 Å². The van der Waals surface area contributed by atoms with Crippen molar-refractivity contribution in [3.63, 3.8) is 0 Å². The van der Waals surface area contributed by atoms with E-state index in [9.17, 15) is 0 Å². The molecule has 1 fully saturated rings. The number of nitrogens with zero attached hydrogens (tertiary/aromatic N) is 1. The molecule has 0 aromatic carbocycles. The summed E-state index contributed by atoms with van der Waals surface area (Å²) < 4.78 is 0. The van der Waals surface area contributed by atoms with Gasteiger partial charge in [0, 0.05) is 29.9 Å². The first-order valence-corrected chi connectivity index (χ1v) is 6.58. The van der Waals surface area contributed by atoms with E-state index < -0.39 is 0 Å². The predicted molar refractivity (Wildman–Crippen MR) is 59.3 cm³/mol. The van der Waals surface area contributed by atoms with Crippen LogP contribution in [0.1, 0.15) is 17.8 Å². The van der Waals surface area contributed by atoms with Crippen molar-refractivity contribution in [2.75, 3.05) is 12.3 Å². The lowest BCUT2D eigenvalue weighted by molar-refractivity contribution is 0.644. The molecule has 1 aromatic heterocycles. The number of hydrogen-bond donors (Lipinski definition) is 1. The lowest BCUT2D eigenvalue weighted by Gasteiger charge is -2.08. The van der Waals surface area contributed by atoms with Crippen molar-refractivity contribution in [2.24, 2.45) is 0 Å². The minimum absolute atomic E-state index is 0.847. The zero-order valence-corrected chi connectivity index (χ0v) is 9.16. The third kappa shape index (κ3) is 2.97. The Labute approximate surface area is 87.1 Å². The topological polar surface area (TPSA) is 24.9 Å². The summed E-state index contributed by atoms with van der Waals surface area (Å²) >= 11 is 3.83. The Morgan fingerprint density at radius 2 is 2.62 bits per heavy atom. The van der Waals surface area contributed by atoms with Gasteiger partial charge in [-0.2, -0.15) is 11.8 Å². The standard InChI is InChI=1S/C9H14N2S2/c1-2-8(12-4-1)6-10-7-9-11-3-5-13-9/h3,5,8,10H,1-2,4,6-7H2. The smallest absolute Gasteiger partial charge is 0.106 e. The molecule has 0 saturated carbocycles. The Hall–Kier alpha value is -0.0600. The maximum atomic E-state index is 4.23. The van der Waals surface area contributed by atoms with E-state index in [2.05, 4.69) is 22.1 Å². The monoisotopic (exact) mass is 214 g/mol. The first kappa shape index (κ1) is 9.49. The van der Waals surface area contributed by atoms with Crippen LogP contribution in [0.2, 0.25) is 0 Å². The van der Waals surface area contributed by atoms with E-state index >= 15 is 0 Å². The summed E-state index contributed by atoms with van der Waals surface area (Å²) in [4.78, 5) is 4.23. The van der Waals surface area contributed by atoms with Crippen LogP contribution in [0.5, 0.6) is 0 Å². The summed E-state index contributed by atoms with van der Waals surface area (Å²) in [6.07, 6.45) is 4.65. The quantitative estimate of drug-likeness (QED) is 0.831. The summed E-state index contributed by atoms with van der Waals surface area (Å²) in [5.41, 5.74) is 0. The predicted octanol–water partition coefficient (Wildman–Crippen LogP) is 2.13. The second kappa shape index (κ2) is 4.98. The average molecular weight is 214 g/mol. The summed E-state index contributed by atoms with van der Waals surface area (Å²) in [7, 11) is 0. The van der Waals surface area contributed by atoms with E-state index in [-0.39, 0.29) is 0 Å². The highest BCUT2D eigenvalue weighted by Crippen LogP contribution is 2.25. The van der Waals surface area contributed by atoms with Crippen LogP contribution in [-0.4, -0.2) is 22.5 Å². The van der Waals surface area contributed by atoms with Gasteiger partial charge in [0.15, 0.2) is 0 Å². The van der Waals surface area contributed by atoms with Crippen LogP contribution >= 0.6 is 23.1 Å². The number of thioether (sulfide) groups is 1. The normalized spacial score (nSPS) is 22.3. The second-order valence-electron chi connectivity index (χ2n) is 3.19. The fourth-order valence-corrected chi connectivity index (χ4v) is 3.31. The molecule has 2 nitrogen and oxygen atoms in total. The highest BCUT2D eigenvalue weighted by atomic mass is 32.2. The Morgan fingerprint density at radius 1 is 1.62 bits per heavy atom. The molecule has 1 atom stereocenters. The van der Waals surface area contributed by atoms with Crippen molar-refractivity contribution in [1.82, 2.24) is 10.3 Å². The number of nitrogens with one attached hydrogen (secondary N) is 1. The van der Waals surface area contributed by atoms with Gasteiger partial charge in [0.25, 0.3) is 0 Å². The fourth-order valence-electron chi connectivity index (χ4n) is 1.49. The Morgan fingerprint density at radius 3 is 3.31 bits per heavy atom. The van der Waals surface area contributed by atoms with E-state index in [1.54, 1.807) is 11.3 Å². The minimum Gasteiger partial charge on any atom is -0.309 e. The van der Waals surface area contributed by atoms with Crippen molar-refractivity contribution < 1.29 is 0 Å². The van der Waals surface area contributed by atoms with E-state index in [0.717, 1.165) is 18.3 Å². The van der Waals surface area contributed by atoms with Gasteiger partial charge in [-0.1, -0.05) is 0 Å². The zero-order chi connectivity index (χ0) is 8.93. The van der Waals surface area contributed by atoms with Gasteiger partial charge in [0.2, 0.25) is 0 Å². The van der Waals surface area contributed by atoms with E-state index in [0.29, 0.717) is 0 Å². The molecule has 0 aliphatic carbocycles. The van der Waals surface area contributed by atoms with Crippen LogP contribution in [0.25, 0.3) is 0 Å². The van der Waals surface area contributed by atoms with Crippen LogP contribution in [0.3, 0.4) is 0 Å². The Balaban J connectivity index is 1.63. The minimum atomic E-state index is 0.847. The largest absolute Gasteiger partial charge is 0.309 e. The SMILES string of the molecule is c1csc(CNCC2CCCS2)n1. The van der Waals surface area contributed by atoms with E-state index in [4.69, 9.17) is 0 Å². The van der Waals surface area contributed by atoms with Gasteiger partial charge in [-0.05, 0) is 18.6 Å². The fraction of sp³-hybridized carbons (Fsp3) is 0.667. The molecule has 1 aliphatic heterocycles. The molecule has 1 aliphatic rings. The molecule has 2 heterocycles. The molecule has 1 aromatic rings. The van der Waals surface area contributed by atoms with Gasteiger partial charge in [0.05, 0.1) is 0 Å². The van der Waals surface area contributed by atoms with Crippen LogP contribution in [0.4, 0.5) is 0 Å². The number of hydrogen-bond acceptors (Lipinski definition) is 4. The van der Waals surface area contributed by atoms with Gasteiger partial charge in [-0.15, -0.1) is 11.3 Å². The van der Waals surface area contributed by atoms with E-state index in [1.165, 1.54) is 23.6 Å². The number of rotatable bonds is 4. The molecule has 13 heavy (non-hydrogen) atoms. The molecule has 1 unspecified atom stereocenters. The first-order chi connectivity index (χ1) is 6.45. The maximum absolute atomic E-state index is 4.23. The van der Waals surface area contributed by atoms with Gasteiger partial charge in [0.1, 0.15) is 5.01 Å². The van der Waals surface area contributed by atoms with Gasteiger partial charge in [-0.25, -0.2) is 4.98 Å². The maximum Gasteiger partial charge on any atom is 0.106 e. The molecule has 1 saturated heterocycles.